The zero-order valence-corrected chi connectivity index (χ0v) is 17.6. The van der Waals surface area contributed by atoms with Gasteiger partial charge in [0.1, 0.15) is 10.8 Å². The Morgan fingerprint density at radius 1 is 0.931 bits per heavy atom. The van der Waals surface area contributed by atoms with E-state index in [-0.39, 0.29) is 6.61 Å². The summed E-state index contributed by atoms with van der Waals surface area (Å²) in [6.45, 7) is 4.54. The molecule has 5 nitrogen and oxygen atoms in total. The van der Waals surface area contributed by atoms with E-state index in [9.17, 15) is 5.11 Å². The Balaban J connectivity index is 1.62. The van der Waals surface area contributed by atoms with Gasteiger partial charge >= 0.3 is 0 Å². The molecule has 0 bridgehead atoms. The van der Waals surface area contributed by atoms with E-state index < -0.39 is 0 Å². The molecule has 0 atom stereocenters. The number of nitrogens with zero attached hydrogens (tertiary/aromatic N) is 4. The van der Waals surface area contributed by atoms with Crippen molar-refractivity contribution < 1.29 is 5.11 Å². The molecule has 4 rings (SSSR count). The van der Waals surface area contributed by atoms with Crippen molar-refractivity contribution in [2.24, 2.45) is 0 Å². The minimum Gasteiger partial charge on any atom is -0.395 e. The van der Waals surface area contributed by atoms with Crippen molar-refractivity contribution in [1.29, 1.82) is 0 Å². The summed E-state index contributed by atoms with van der Waals surface area (Å²) in [7, 11) is 0. The average molecular weight is 427 g/mol. The Morgan fingerprint density at radius 3 is 2.34 bits per heavy atom. The second-order valence-corrected chi connectivity index (χ2v) is 8.39. The standard InChI is InChI=1S/C22H23ClN4OS/c23-18-6-8-19(9-7-18)29-21-16-20(27-12-10-26(11-13-27)14-15-28)24-22(25-21)17-4-2-1-3-5-17/h1-9,16,28H,10-15H2. The first-order valence-corrected chi connectivity index (χ1v) is 10.9. The van der Waals surface area contributed by atoms with Gasteiger partial charge in [-0.05, 0) is 24.3 Å². The molecule has 1 saturated heterocycles. The number of benzene rings is 2. The minimum absolute atomic E-state index is 0.202. The molecule has 29 heavy (non-hydrogen) atoms. The molecule has 0 unspecified atom stereocenters. The molecule has 150 valence electrons. The van der Waals surface area contributed by atoms with Gasteiger partial charge in [-0.3, -0.25) is 4.90 Å². The molecule has 0 saturated carbocycles. The summed E-state index contributed by atoms with van der Waals surface area (Å²) in [5.41, 5.74) is 1.01. The number of piperazine rings is 1. The van der Waals surface area contributed by atoms with Crippen LogP contribution in [0.25, 0.3) is 11.4 Å². The number of β-amino-alcohol motifs (C(OH)–C–C–N with tert-alkyl or cyclic N) is 1. The maximum atomic E-state index is 9.17. The van der Waals surface area contributed by atoms with Gasteiger partial charge in [-0.15, -0.1) is 0 Å². The molecule has 3 aromatic rings. The van der Waals surface area contributed by atoms with Gasteiger partial charge in [0.05, 0.1) is 6.61 Å². The van der Waals surface area contributed by atoms with Crippen LogP contribution in [0.4, 0.5) is 5.82 Å². The van der Waals surface area contributed by atoms with Crippen molar-refractivity contribution in [1.82, 2.24) is 14.9 Å². The molecule has 1 fully saturated rings. The van der Waals surface area contributed by atoms with Crippen LogP contribution in [0.2, 0.25) is 5.02 Å². The summed E-state index contributed by atoms with van der Waals surface area (Å²) in [5.74, 6) is 1.68. The molecule has 0 amide bonds. The van der Waals surface area contributed by atoms with Crippen molar-refractivity contribution in [3.05, 3.63) is 65.7 Å². The zero-order valence-electron chi connectivity index (χ0n) is 16.0. The number of aromatic nitrogens is 2. The van der Waals surface area contributed by atoms with Crippen LogP contribution < -0.4 is 4.90 Å². The topological polar surface area (TPSA) is 52.5 Å². The molecule has 1 N–H and O–H groups in total. The SMILES string of the molecule is OCCN1CCN(c2cc(Sc3ccc(Cl)cc3)nc(-c3ccccc3)n2)CC1. The van der Waals surface area contributed by atoms with E-state index in [2.05, 4.69) is 15.9 Å². The van der Waals surface area contributed by atoms with Gasteiger partial charge in [-0.2, -0.15) is 0 Å². The predicted molar refractivity (Wildman–Crippen MR) is 119 cm³/mol. The molecular formula is C22H23ClN4OS. The summed E-state index contributed by atoms with van der Waals surface area (Å²) in [6, 6.07) is 19.9. The fourth-order valence-corrected chi connectivity index (χ4v) is 4.24. The average Bonchev–Trinajstić information content (AvgIpc) is 2.76. The first kappa shape index (κ1) is 20.2. The van der Waals surface area contributed by atoms with Crippen LogP contribution in [-0.2, 0) is 0 Å². The van der Waals surface area contributed by atoms with E-state index in [1.807, 2.05) is 54.6 Å². The maximum Gasteiger partial charge on any atom is 0.162 e. The highest BCUT2D eigenvalue weighted by molar-refractivity contribution is 7.99. The van der Waals surface area contributed by atoms with E-state index in [0.29, 0.717) is 0 Å². The summed E-state index contributed by atoms with van der Waals surface area (Å²) >= 11 is 7.63. The molecule has 2 aromatic carbocycles. The van der Waals surface area contributed by atoms with Crippen LogP contribution in [0.1, 0.15) is 0 Å². The number of aliphatic hydroxyl groups is 1. The molecular weight excluding hydrogens is 404 g/mol. The molecule has 1 aromatic heterocycles. The van der Waals surface area contributed by atoms with Gasteiger partial charge < -0.3 is 10.0 Å². The Bertz CT molecular complexity index is 931. The lowest BCUT2D eigenvalue weighted by molar-refractivity contribution is 0.188. The monoisotopic (exact) mass is 426 g/mol. The summed E-state index contributed by atoms with van der Waals surface area (Å²) in [6.07, 6.45) is 0. The highest BCUT2D eigenvalue weighted by atomic mass is 35.5. The quantitative estimate of drug-likeness (QED) is 0.600. The first-order chi connectivity index (χ1) is 14.2. The minimum atomic E-state index is 0.202. The van der Waals surface area contributed by atoms with Gasteiger partial charge in [0.15, 0.2) is 5.82 Å². The van der Waals surface area contributed by atoms with Crippen LogP contribution in [0, 0.1) is 0 Å². The molecule has 0 spiro atoms. The van der Waals surface area contributed by atoms with Crippen LogP contribution in [0.15, 0.2) is 70.6 Å². The Labute approximate surface area is 180 Å². The molecule has 7 heteroatoms. The van der Waals surface area contributed by atoms with Gasteiger partial charge in [-0.25, -0.2) is 9.97 Å². The van der Waals surface area contributed by atoms with E-state index in [0.717, 1.165) is 64.9 Å². The maximum absolute atomic E-state index is 9.17. The smallest absolute Gasteiger partial charge is 0.162 e. The summed E-state index contributed by atoms with van der Waals surface area (Å²) in [4.78, 5) is 15.3. The number of anilines is 1. The highest BCUT2D eigenvalue weighted by Crippen LogP contribution is 2.31. The molecule has 2 heterocycles. The second-order valence-electron chi connectivity index (χ2n) is 6.86. The number of halogens is 1. The van der Waals surface area contributed by atoms with Crippen LogP contribution >= 0.6 is 23.4 Å². The van der Waals surface area contributed by atoms with Gasteiger partial charge in [0.25, 0.3) is 0 Å². The molecule has 1 aliphatic heterocycles. The fourth-order valence-electron chi connectivity index (χ4n) is 3.31. The lowest BCUT2D eigenvalue weighted by Crippen LogP contribution is -2.47. The Hall–Kier alpha value is -2.12. The second kappa shape index (κ2) is 9.59. The normalized spacial score (nSPS) is 14.9. The van der Waals surface area contributed by atoms with Crippen molar-refractivity contribution in [2.45, 2.75) is 9.92 Å². The summed E-state index contributed by atoms with van der Waals surface area (Å²) < 4.78 is 0. The number of hydrogen-bond acceptors (Lipinski definition) is 6. The lowest BCUT2D eigenvalue weighted by Gasteiger charge is -2.35. The number of aliphatic hydroxyl groups excluding tert-OH is 1. The fraction of sp³-hybridized carbons (Fsp3) is 0.273. The van der Waals surface area contributed by atoms with Crippen molar-refractivity contribution in [2.75, 3.05) is 44.2 Å². The zero-order chi connectivity index (χ0) is 20.1. The Kier molecular flexibility index (Phi) is 6.67. The van der Waals surface area contributed by atoms with Crippen LogP contribution in [0.5, 0.6) is 0 Å². The molecule has 1 aliphatic rings. The van der Waals surface area contributed by atoms with Crippen molar-refractivity contribution in [3.8, 4) is 11.4 Å². The van der Waals surface area contributed by atoms with Gasteiger partial charge in [0.2, 0.25) is 0 Å². The predicted octanol–water partition coefficient (Wildman–Crippen LogP) is 4.06. The highest BCUT2D eigenvalue weighted by Gasteiger charge is 2.19. The van der Waals surface area contributed by atoms with Gasteiger partial charge in [0, 0.05) is 54.3 Å². The largest absolute Gasteiger partial charge is 0.395 e. The first-order valence-electron chi connectivity index (χ1n) is 9.67. The third kappa shape index (κ3) is 5.28. The molecule has 0 radical (unpaired) electrons. The third-order valence-electron chi connectivity index (χ3n) is 4.87. The van der Waals surface area contributed by atoms with Crippen molar-refractivity contribution >= 4 is 29.2 Å². The lowest BCUT2D eigenvalue weighted by atomic mass is 10.2. The van der Waals surface area contributed by atoms with E-state index in [1.165, 1.54) is 0 Å². The summed E-state index contributed by atoms with van der Waals surface area (Å²) in [5, 5.41) is 10.8. The third-order valence-corrected chi connectivity index (χ3v) is 6.05. The Morgan fingerprint density at radius 2 is 1.66 bits per heavy atom. The number of hydrogen-bond donors (Lipinski definition) is 1. The molecule has 0 aliphatic carbocycles. The van der Waals surface area contributed by atoms with Crippen LogP contribution in [-0.4, -0.2) is 59.3 Å². The number of rotatable bonds is 6. The van der Waals surface area contributed by atoms with Gasteiger partial charge in [-0.1, -0.05) is 53.7 Å². The van der Waals surface area contributed by atoms with Crippen LogP contribution in [0.3, 0.4) is 0 Å². The van der Waals surface area contributed by atoms with E-state index >= 15 is 0 Å². The van der Waals surface area contributed by atoms with E-state index in [1.54, 1.807) is 11.8 Å². The van der Waals surface area contributed by atoms with Crippen molar-refractivity contribution in [3.63, 3.8) is 0 Å². The van der Waals surface area contributed by atoms with E-state index in [4.69, 9.17) is 21.6 Å².